The molecule has 14 aromatic rings. The van der Waals surface area contributed by atoms with Gasteiger partial charge in [-0.05, 0) is 155 Å². The minimum absolute atomic E-state index is 1.18. The molecule has 0 aliphatic heterocycles. The fourth-order valence-corrected chi connectivity index (χ4v) is 11.9. The molecule has 0 saturated heterocycles. The van der Waals surface area contributed by atoms with Crippen LogP contribution in [-0.2, 0) is 0 Å². The standard InChI is InChI=1S/C76H50/c1-5-21-51(22-6-1)53-37-41-55(42-38-53)59-45-47-61(57-25-9-3-10-26-57)71(49-59)73-63-29-13-17-33-67(63)75(68-34-18-14-30-64(68)73)76-69-35-19-15-31-65(69)74(66-32-16-20-36-70(66)76)72-50-60(46-48-62(72)58-27-11-4-12-28-58)56-43-39-54(40-44-56)52-23-7-2-8-24-52/h1-50H. The van der Waals surface area contributed by atoms with Gasteiger partial charge in [0.2, 0.25) is 0 Å². The first kappa shape index (κ1) is 44.8. The van der Waals surface area contributed by atoms with Crippen LogP contribution in [0.2, 0.25) is 0 Å². The van der Waals surface area contributed by atoms with Crippen molar-refractivity contribution >= 4 is 43.1 Å². The van der Waals surface area contributed by atoms with Crippen LogP contribution in [0.4, 0.5) is 0 Å². The first-order valence-electron chi connectivity index (χ1n) is 26.3. The Labute approximate surface area is 444 Å². The van der Waals surface area contributed by atoms with Crippen LogP contribution in [0.25, 0.3) is 143 Å². The average molecular weight is 963 g/mol. The molecule has 0 heteroatoms. The van der Waals surface area contributed by atoms with E-state index in [1.807, 2.05) is 0 Å². The van der Waals surface area contributed by atoms with Crippen molar-refractivity contribution in [3.63, 3.8) is 0 Å². The molecule has 0 aliphatic carbocycles. The van der Waals surface area contributed by atoms with Crippen molar-refractivity contribution in [3.05, 3.63) is 303 Å². The van der Waals surface area contributed by atoms with Crippen LogP contribution in [0.3, 0.4) is 0 Å². The van der Waals surface area contributed by atoms with E-state index in [0.29, 0.717) is 0 Å². The molecule has 14 aromatic carbocycles. The summed E-state index contributed by atoms with van der Waals surface area (Å²) in [6.07, 6.45) is 0. The molecule has 354 valence electrons. The lowest BCUT2D eigenvalue weighted by Gasteiger charge is -2.24. The van der Waals surface area contributed by atoms with Crippen molar-refractivity contribution in [1.29, 1.82) is 0 Å². The Morgan fingerprint density at radius 3 is 0.592 bits per heavy atom. The largest absolute Gasteiger partial charge is 0.0622 e. The molecule has 0 atom stereocenters. The summed E-state index contributed by atoms with van der Waals surface area (Å²) in [6, 6.07) is 112. The second-order valence-electron chi connectivity index (χ2n) is 19.8. The zero-order valence-corrected chi connectivity index (χ0v) is 41.9. The van der Waals surface area contributed by atoms with Crippen LogP contribution >= 0.6 is 0 Å². The third-order valence-corrected chi connectivity index (χ3v) is 15.5. The lowest BCUT2D eigenvalue weighted by Crippen LogP contribution is -1.96. The molecule has 0 aromatic heterocycles. The van der Waals surface area contributed by atoms with Crippen LogP contribution in [0.15, 0.2) is 303 Å². The van der Waals surface area contributed by atoms with Gasteiger partial charge in [0.25, 0.3) is 0 Å². The molecule has 14 rings (SSSR count). The maximum Gasteiger partial charge on any atom is -0.00139 e. The predicted octanol–water partition coefficient (Wildman–Crippen LogP) is 21.3. The van der Waals surface area contributed by atoms with E-state index >= 15 is 0 Å². The predicted molar refractivity (Wildman–Crippen MR) is 325 cm³/mol. The summed E-state index contributed by atoms with van der Waals surface area (Å²) < 4.78 is 0. The Kier molecular flexibility index (Phi) is 11.3. The van der Waals surface area contributed by atoms with Gasteiger partial charge in [-0.15, -0.1) is 0 Å². The number of hydrogen-bond donors (Lipinski definition) is 0. The third-order valence-electron chi connectivity index (χ3n) is 15.5. The van der Waals surface area contributed by atoms with Crippen molar-refractivity contribution in [2.24, 2.45) is 0 Å². The van der Waals surface area contributed by atoms with Crippen molar-refractivity contribution in [1.82, 2.24) is 0 Å². The Bertz CT molecular complexity index is 4040. The van der Waals surface area contributed by atoms with E-state index in [1.54, 1.807) is 0 Å². The van der Waals surface area contributed by atoms with Crippen molar-refractivity contribution in [3.8, 4) is 100 Å². The fourth-order valence-electron chi connectivity index (χ4n) is 11.9. The highest BCUT2D eigenvalue weighted by atomic mass is 14.3. The summed E-state index contributed by atoms with van der Waals surface area (Å²) in [5.74, 6) is 0. The van der Waals surface area contributed by atoms with E-state index in [9.17, 15) is 0 Å². The topological polar surface area (TPSA) is 0 Å². The molecule has 0 heterocycles. The van der Waals surface area contributed by atoms with Crippen molar-refractivity contribution < 1.29 is 0 Å². The van der Waals surface area contributed by atoms with Crippen LogP contribution in [0, 0.1) is 0 Å². The first-order chi connectivity index (χ1) is 37.7. The minimum Gasteiger partial charge on any atom is -0.0622 e. The fraction of sp³-hybridized carbons (Fsp3) is 0. The summed E-state index contributed by atoms with van der Waals surface area (Å²) >= 11 is 0. The van der Waals surface area contributed by atoms with Gasteiger partial charge in [-0.1, -0.05) is 291 Å². The van der Waals surface area contributed by atoms with Crippen molar-refractivity contribution in [2.75, 3.05) is 0 Å². The van der Waals surface area contributed by atoms with E-state index < -0.39 is 0 Å². The van der Waals surface area contributed by atoms with Crippen molar-refractivity contribution in [2.45, 2.75) is 0 Å². The molecule has 0 radical (unpaired) electrons. The van der Waals surface area contributed by atoms with Gasteiger partial charge in [-0.3, -0.25) is 0 Å². The molecular formula is C76H50. The quantitative estimate of drug-likeness (QED) is 0.126. The van der Waals surface area contributed by atoms with Gasteiger partial charge in [-0.25, -0.2) is 0 Å². The van der Waals surface area contributed by atoms with Gasteiger partial charge < -0.3 is 0 Å². The van der Waals surface area contributed by atoms with E-state index in [0.717, 1.165) is 0 Å². The van der Waals surface area contributed by atoms with Gasteiger partial charge in [-0.2, -0.15) is 0 Å². The first-order valence-corrected chi connectivity index (χ1v) is 26.3. The second kappa shape index (κ2) is 19.2. The molecule has 0 saturated carbocycles. The van der Waals surface area contributed by atoms with E-state index in [4.69, 9.17) is 0 Å². The molecule has 0 N–H and O–H groups in total. The highest BCUT2D eigenvalue weighted by Crippen LogP contribution is 2.52. The Balaban J connectivity index is 1.01. The summed E-state index contributed by atoms with van der Waals surface area (Å²) in [4.78, 5) is 0. The maximum absolute atomic E-state index is 2.43. The maximum atomic E-state index is 2.43. The molecule has 0 amide bonds. The normalized spacial score (nSPS) is 11.4. The van der Waals surface area contributed by atoms with Gasteiger partial charge in [0.1, 0.15) is 0 Å². The SMILES string of the molecule is c1ccc(-c2ccc(-c3ccc(-c4ccccc4)c(-c4c5ccccc5c(-c5c6ccccc6c(-c6cc(-c7ccc(-c8ccccc8)cc7)ccc6-c6ccccc6)c6ccccc56)c5ccccc45)c3)cc2)cc1. The average Bonchev–Trinajstić information content (AvgIpc) is 3.60. The molecule has 76 heavy (non-hydrogen) atoms. The molecule has 0 unspecified atom stereocenters. The van der Waals surface area contributed by atoms with Gasteiger partial charge >= 0.3 is 0 Å². The molecule has 0 nitrogen and oxygen atoms in total. The minimum atomic E-state index is 1.18. The third kappa shape index (κ3) is 7.87. The molecule has 0 spiro atoms. The van der Waals surface area contributed by atoms with Gasteiger partial charge in [0.05, 0.1) is 0 Å². The second-order valence-corrected chi connectivity index (χ2v) is 19.8. The van der Waals surface area contributed by atoms with Crippen LogP contribution in [0.5, 0.6) is 0 Å². The number of rotatable bonds is 9. The van der Waals surface area contributed by atoms with E-state index in [-0.39, 0.29) is 0 Å². The molecular weight excluding hydrogens is 913 g/mol. The highest BCUT2D eigenvalue weighted by molar-refractivity contribution is 6.30. The van der Waals surface area contributed by atoms with Gasteiger partial charge in [0.15, 0.2) is 0 Å². The monoisotopic (exact) mass is 962 g/mol. The van der Waals surface area contributed by atoms with Gasteiger partial charge in [0, 0.05) is 0 Å². The summed E-state index contributed by atoms with van der Waals surface area (Å²) in [6.45, 7) is 0. The van der Waals surface area contributed by atoms with Crippen LogP contribution in [0.1, 0.15) is 0 Å². The van der Waals surface area contributed by atoms with E-state index in [2.05, 4.69) is 303 Å². The zero-order valence-electron chi connectivity index (χ0n) is 41.9. The molecule has 0 fully saturated rings. The summed E-state index contributed by atoms with van der Waals surface area (Å²) in [7, 11) is 0. The number of hydrogen-bond acceptors (Lipinski definition) is 0. The highest BCUT2D eigenvalue weighted by Gasteiger charge is 2.25. The lowest BCUT2D eigenvalue weighted by molar-refractivity contribution is 1.57. The smallest absolute Gasteiger partial charge is 0.00139 e. The van der Waals surface area contributed by atoms with Crippen LogP contribution in [-0.4, -0.2) is 0 Å². The Morgan fingerprint density at radius 1 is 0.118 bits per heavy atom. The Morgan fingerprint density at radius 2 is 0.316 bits per heavy atom. The zero-order chi connectivity index (χ0) is 50.4. The number of fused-ring (bicyclic) bond motifs is 4. The molecule has 0 aliphatic rings. The molecule has 0 bridgehead atoms. The lowest BCUT2D eigenvalue weighted by atomic mass is 9.79. The number of benzene rings is 14. The van der Waals surface area contributed by atoms with E-state index in [1.165, 1.54) is 143 Å². The van der Waals surface area contributed by atoms with Crippen LogP contribution < -0.4 is 0 Å². The Hall–Kier alpha value is -9.88. The summed E-state index contributed by atoms with van der Waals surface area (Å²) in [5, 5.41) is 9.78. The summed E-state index contributed by atoms with van der Waals surface area (Å²) in [5.41, 5.74) is 21.8.